The molecule has 2 heteroatoms. The molecule has 84 valence electrons. The van der Waals surface area contributed by atoms with Gasteiger partial charge in [0.05, 0.1) is 6.07 Å². The van der Waals surface area contributed by atoms with E-state index in [2.05, 4.69) is 37.3 Å². The number of hydrogen-bond donors (Lipinski definition) is 0. The third-order valence-corrected chi connectivity index (χ3v) is 3.65. The van der Waals surface area contributed by atoms with E-state index in [-0.39, 0.29) is 5.25 Å². The second kappa shape index (κ2) is 5.56. The van der Waals surface area contributed by atoms with Crippen LogP contribution in [0.5, 0.6) is 0 Å². The average Bonchev–Trinajstić information content (AvgIpc) is 2.39. The largest absolute Gasteiger partial charge is 0.197 e. The van der Waals surface area contributed by atoms with Crippen LogP contribution < -0.4 is 0 Å². The third kappa shape index (κ3) is 3.12. The number of hydrogen-bond acceptors (Lipinski definition) is 2. The Bertz CT molecular complexity index is 511. The van der Waals surface area contributed by atoms with E-state index in [0.29, 0.717) is 0 Å². The first kappa shape index (κ1) is 11.8. The van der Waals surface area contributed by atoms with Crippen LogP contribution in [-0.4, -0.2) is 0 Å². The number of nitrogens with zero attached hydrogens (tertiary/aromatic N) is 1. The molecule has 0 radical (unpaired) electrons. The molecule has 0 saturated carbocycles. The zero-order chi connectivity index (χ0) is 12.1. The number of thioether (sulfide) groups is 1. The van der Waals surface area contributed by atoms with E-state index in [1.807, 2.05) is 30.3 Å². The van der Waals surface area contributed by atoms with E-state index < -0.39 is 0 Å². The minimum absolute atomic E-state index is 0.140. The van der Waals surface area contributed by atoms with Gasteiger partial charge in [-0.25, -0.2) is 0 Å². The topological polar surface area (TPSA) is 23.8 Å². The molecule has 0 aliphatic heterocycles. The summed E-state index contributed by atoms with van der Waals surface area (Å²) in [6.45, 7) is 2.06. The standard InChI is InChI=1S/C15H13NS/c1-12-7-9-14(10-8-12)17-15(11-16)13-5-3-2-4-6-13/h2-10,15H,1H3. The number of aryl methyl sites for hydroxylation is 1. The molecule has 0 saturated heterocycles. The first-order valence-corrected chi connectivity index (χ1v) is 6.35. The van der Waals surface area contributed by atoms with Crippen molar-refractivity contribution in [2.75, 3.05) is 0 Å². The van der Waals surface area contributed by atoms with Crippen molar-refractivity contribution in [3.63, 3.8) is 0 Å². The quantitative estimate of drug-likeness (QED) is 0.743. The number of benzene rings is 2. The van der Waals surface area contributed by atoms with E-state index in [0.717, 1.165) is 10.5 Å². The van der Waals surface area contributed by atoms with Gasteiger partial charge in [0.25, 0.3) is 0 Å². The Morgan fingerprint density at radius 1 is 1.00 bits per heavy atom. The first-order chi connectivity index (χ1) is 8.29. The van der Waals surface area contributed by atoms with Gasteiger partial charge in [-0.3, -0.25) is 0 Å². The van der Waals surface area contributed by atoms with Crippen LogP contribution in [0, 0.1) is 18.3 Å². The Morgan fingerprint density at radius 2 is 1.65 bits per heavy atom. The lowest BCUT2D eigenvalue weighted by Crippen LogP contribution is -1.89. The second-order valence-electron chi connectivity index (χ2n) is 3.85. The first-order valence-electron chi connectivity index (χ1n) is 5.47. The highest BCUT2D eigenvalue weighted by molar-refractivity contribution is 7.99. The Kier molecular flexibility index (Phi) is 3.85. The molecular formula is C15H13NS. The van der Waals surface area contributed by atoms with Crippen molar-refractivity contribution < 1.29 is 0 Å². The van der Waals surface area contributed by atoms with E-state index in [9.17, 15) is 5.26 Å². The molecule has 0 fully saturated rings. The van der Waals surface area contributed by atoms with Crippen molar-refractivity contribution in [1.82, 2.24) is 0 Å². The van der Waals surface area contributed by atoms with Crippen LogP contribution in [0.3, 0.4) is 0 Å². The molecule has 0 heterocycles. The van der Waals surface area contributed by atoms with Gasteiger partial charge >= 0.3 is 0 Å². The van der Waals surface area contributed by atoms with Gasteiger partial charge in [-0.15, -0.1) is 11.8 Å². The molecule has 0 aliphatic carbocycles. The fourth-order valence-electron chi connectivity index (χ4n) is 1.55. The molecule has 0 aliphatic rings. The smallest absolute Gasteiger partial charge is 0.121 e. The molecule has 1 atom stereocenters. The van der Waals surface area contributed by atoms with Gasteiger partial charge in [0.15, 0.2) is 0 Å². The summed E-state index contributed by atoms with van der Waals surface area (Å²) in [5.74, 6) is 0. The lowest BCUT2D eigenvalue weighted by Gasteiger charge is -2.09. The van der Waals surface area contributed by atoms with E-state index in [4.69, 9.17) is 0 Å². The van der Waals surface area contributed by atoms with Crippen molar-refractivity contribution in [3.8, 4) is 6.07 Å². The fourth-order valence-corrected chi connectivity index (χ4v) is 2.46. The van der Waals surface area contributed by atoms with Crippen LogP contribution >= 0.6 is 11.8 Å². The normalized spacial score (nSPS) is 11.8. The van der Waals surface area contributed by atoms with Gasteiger partial charge in [0.1, 0.15) is 5.25 Å². The average molecular weight is 239 g/mol. The summed E-state index contributed by atoms with van der Waals surface area (Å²) < 4.78 is 0. The lowest BCUT2D eigenvalue weighted by molar-refractivity contribution is 1.22. The summed E-state index contributed by atoms with van der Waals surface area (Å²) >= 11 is 1.59. The Morgan fingerprint density at radius 3 is 2.24 bits per heavy atom. The van der Waals surface area contributed by atoms with Crippen molar-refractivity contribution >= 4 is 11.8 Å². The molecule has 0 N–H and O–H groups in total. The van der Waals surface area contributed by atoms with E-state index in [1.54, 1.807) is 11.8 Å². The fraction of sp³-hybridized carbons (Fsp3) is 0.133. The van der Waals surface area contributed by atoms with E-state index >= 15 is 0 Å². The molecule has 1 nitrogen and oxygen atoms in total. The zero-order valence-corrected chi connectivity index (χ0v) is 10.4. The summed E-state index contributed by atoms with van der Waals surface area (Å²) in [6.07, 6.45) is 0. The monoisotopic (exact) mass is 239 g/mol. The molecule has 2 rings (SSSR count). The lowest BCUT2D eigenvalue weighted by atomic mass is 10.2. The van der Waals surface area contributed by atoms with Crippen molar-refractivity contribution in [1.29, 1.82) is 5.26 Å². The third-order valence-electron chi connectivity index (χ3n) is 2.49. The summed E-state index contributed by atoms with van der Waals surface area (Å²) in [6, 6.07) is 20.5. The van der Waals surface area contributed by atoms with Crippen LogP contribution in [0.15, 0.2) is 59.5 Å². The Hall–Kier alpha value is -1.72. The minimum atomic E-state index is -0.140. The Labute approximate surface area is 106 Å². The molecule has 0 bridgehead atoms. The molecule has 2 aromatic rings. The van der Waals surface area contributed by atoms with Gasteiger partial charge in [0, 0.05) is 4.90 Å². The maximum Gasteiger partial charge on any atom is 0.121 e. The second-order valence-corrected chi connectivity index (χ2v) is 5.03. The molecule has 0 aromatic heterocycles. The maximum absolute atomic E-state index is 9.22. The maximum atomic E-state index is 9.22. The minimum Gasteiger partial charge on any atom is -0.197 e. The van der Waals surface area contributed by atoms with Gasteiger partial charge < -0.3 is 0 Å². The van der Waals surface area contributed by atoms with Crippen LogP contribution in [0.25, 0.3) is 0 Å². The van der Waals surface area contributed by atoms with Crippen LogP contribution in [0.1, 0.15) is 16.4 Å². The summed E-state index contributed by atoms with van der Waals surface area (Å²) in [4.78, 5) is 1.13. The predicted molar refractivity (Wildman–Crippen MR) is 71.8 cm³/mol. The number of nitriles is 1. The summed E-state index contributed by atoms with van der Waals surface area (Å²) in [5.41, 5.74) is 2.29. The van der Waals surface area contributed by atoms with Crippen molar-refractivity contribution in [2.24, 2.45) is 0 Å². The molecule has 0 amide bonds. The van der Waals surface area contributed by atoms with E-state index in [1.165, 1.54) is 5.56 Å². The van der Waals surface area contributed by atoms with Crippen LogP contribution in [-0.2, 0) is 0 Å². The van der Waals surface area contributed by atoms with Crippen molar-refractivity contribution in [3.05, 3.63) is 65.7 Å². The summed E-state index contributed by atoms with van der Waals surface area (Å²) in [7, 11) is 0. The molecule has 0 spiro atoms. The predicted octanol–water partition coefficient (Wildman–Crippen LogP) is 4.35. The SMILES string of the molecule is Cc1ccc(SC(C#N)c2ccccc2)cc1. The summed E-state index contributed by atoms with van der Waals surface area (Å²) in [5, 5.41) is 9.08. The van der Waals surface area contributed by atoms with Gasteiger partial charge in [-0.1, -0.05) is 48.0 Å². The molecule has 1 unspecified atom stereocenters. The highest BCUT2D eigenvalue weighted by atomic mass is 32.2. The van der Waals surface area contributed by atoms with Crippen LogP contribution in [0.4, 0.5) is 0 Å². The number of rotatable bonds is 3. The molecule has 2 aromatic carbocycles. The molecular weight excluding hydrogens is 226 g/mol. The zero-order valence-electron chi connectivity index (χ0n) is 9.63. The highest BCUT2D eigenvalue weighted by Crippen LogP contribution is 2.34. The highest BCUT2D eigenvalue weighted by Gasteiger charge is 2.11. The van der Waals surface area contributed by atoms with Gasteiger partial charge in [-0.2, -0.15) is 5.26 Å². The Balaban J connectivity index is 2.17. The van der Waals surface area contributed by atoms with Crippen molar-refractivity contribution in [2.45, 2.75) is 17.1 Å². The van der Waals surface area contributed by atoms with Gasteiger partial charge in [0.2, 0.25) is 0 Å². The van der Waals surface area contributed by atoms with Crippen LogP contribution in [0.2, 0.25) is 0 Å². The van der Waals surface area contributed by atoms with Gasteiger partial charge in [-0.05, 0) is 24.6 Å². The molecule has 17 heavy (non-hydrogen) atoms.